The van der Waals surface area contributed by atoms with Gasteiger partial charge in [0, 0.05) is 0 Å². The van der Waals surface area contributed by atoms with Crippen LogP contribution in [0.4, 0.5) is 0 Å². The Balaban J connectivity index is 2.50. The van der Waals surface area contributed by atoms with Gasteiger partial charge in [-0.05, 0) is 53.2 Å². The second-order valence-electron chi connectivity index (χ2n) is 6.90. The van der Waals surface area contributed by atoms with Crippen LogP contribution in [0.1, 0.15) is 47.1 Å². The second-order valence-corrected chi connectivity index (χ2v) is 8.93. The van der Waals surface area contributed by atoms with Gasteiger partial charge in [0.05, 0.1) is 29.6 Å². The summed E-state index contributed by atoms with van der Waals surface area (Å²) in [5, 5.41) is 0.390. The molecule has 5 nitrogen and oxygen atoms in total. The topological polar surface area (TPSA) is 54.0 Å². The van der Waals surface area contributed by atoms with Crippen LogP contribution in [0.15, 0.2) is 35.5 Å². The first kappa shape index (κ1) is 20.4. The fraction of sp³-hybridized carbons (Fsp3) is 0.556. The number of benzene rings is 1. The first-order chi connectivity index (χ1) is 11.6. The van der Waals surface area contributed by atoms with E-state index in [1.165, 1.54) is 0 Å². The molecule has 7 heteroatoms. The van der Waals surface area contributed by atoms with Crippen LogP contribution >= 0.6 is 7.60 Å². The molecule has 1 aliphatic rings. The van der Waals surface area contributed by atoms with Crippen LogP contribution in [0.3, 0.4) is 0 Å². The average molecular weight is 366 g/mol. The summed E-state index contributed by atoms with van der Waals surface area (Å²) in [7, 11) is -4.34. The highest BCUT2D eigenvalue weighted by Crippen LogP contribution is 2.59. The van der Waals surface area contributed by atoms with Crippen molar-refractivity contribution in [1.29, 1.82) is 0 Å². The highest BCUT2D eigenvalue weighted by Gasteiger charge is 2.56. The van der Waals surface area contributed by atoms with Crippen LogP contribution < -0.4 is 0 Å². The maximum Gasteiger partial charge on any atom is 0.503 e. The maximum absolute atomic E-state index is 13.5. The SMILES string of the molecule is CCOP(=O)(OCC)/C(=C/c1ccccc1)B1OC(C)(C)C(C)(C)O1. The average Bonchev–Trinajstić information content (AvgIpc) is 2.74. The van der Waals surface area contributed by atoms with Gasteiger partial charge in [-0.25, -0.2) is 0 Å². The monoisotopic (exact) mass is 366 g/mol. The molecule has 0 radical (unpaired) electrons. The summed E-state index contributed by atoms with van der Waals surface area (Å²) in [6, 6.07) is 9.61. The van der Waals surface area contributed by atoms with Crippen LogP contribution in [0.2, 0.25) is 0 Å². The van der Waals surface area contributed by atoms with E-state index in [1.807, 2.05) is 58.0 Å². The van der Waals surface area contributed by atoms with Gasteiger partial charge in [0.25, 0.3) is 0 Å². The van der Waals surface area contributed by atoms with Gasteiger partial charge in [-0.3, -0.25) is 4.57 Å². The summed E-state index contributed by atoms with van der Waals surface area (Å²) in [6.45, 7) is 11.9. The summed E-state index contributed by atoms with van der Waals surface area (Å²) in [5.74, 6) is 0. The Kier molecular flexibility index (Phi) is 6.34. The standard InChI is InChI=1S/C18H28BO5P/c1-7-21-25(20,22-8-2)16(14-15-12-10-9-11-13-15)19-23-17(3,4)18(5,6)24-19/h9-14H,7-8H2,1-6H3/b16-14+. The van der Waals surface area contributed by atoms with Crippen molar-refractivity contribution in [3.05, 3.63) is 41.1 Å². The summed E-state index contributed by atoms with van der Waals surface area (Å²) in [5.41, 5.74) is -0.209. The van der Waals surface area contributed by atoms with Crippen molar-refractivity contribution in [3.8, 4) is 0 Å². The molecule has 1 aliphatic heterocycles. The van der Waals surface area contributed by atoms with E-state index in [4.69, 9.17) is 18.4 Å². The fourth-order valence-corrected chi connectivity index (χ4v) is 4.21. The van der Waals surface area contributed by atoms with E-state index in [9.17, 15) is 4.57 Å². The largest absolute Gasteiger partial charge is 0.503 e. The molecule has 0 aromatic heterocycles. The third-order valence-corrected chi connectivity index (χ3v) is 6.69. The van der Waals surface area contributed by atoms with E-state index in [-0.39, 0.29) is 13.2 Å². The van der Waals surface area contributed by atoms with Crippen molar-refractivity contribution >= 4 is 20.8 Å². The van der Waals surface area contributed by atoms with E-state index in [0.717, 1.165) is 5.56 Å². The molecule has 0 aliphatic carbocycles. The highest BCUT2D eigenvalue weighted by atomic mass is 31.2. The molecule has 25 heavy (non-hydrogen) atoms. The van der Waals surface area contributed by atoms with Crippen molar-refractivity contribution in [1.82, 2.24) is 0 Å². The van der Waals surface area contributed by atoms with Crippen molar-refractivity contribution in [2.45, 2.75) is 52.7 Å². The molecule has 1 aromatic rings. The van der Waals surface area contributed by atoms with Gasteiger partial charge in [0.2, 0.25) is 0 Å². The third kappa shape index (κ3) is 4.44. The molecule has 1 aromatic carbocycles. The minimum Gasteiger partial charge on any atom is -0.399 e. The lowest BCUT2D eigenvalue weighted by molar-refractivity contribution is 0.00578. The van der Waals surface area contributed by atoms with Gasteiger partial charge in [-0.1, -0.05) is 30.3 Å². The van der Waals surface area contributed by atoms with Crippen LogP contribution in [0.5, 0.6) is 0 Å². The van der Waals surface area contributed by atoms with Crippen LogP contribution in [0.25, 0.3) is 6.08 Å². The summed E-state index contributed by atoms with van der Waals surface area (Å²) >= 11 is 0. The number of hydrogen-bond donors (Lipinski definition) is 0. The Labute approximate surface area is 151 Å². The lowest BCUT2D eigenvalue weighted by atomic mass is 9.88. The lowest BCUT2D eigenvalue weighted by Gasteiger charge is -2.32. The first-order valence-electron chi connectivity index (χ1n) is 8.67. The van der Waals surface area contributed by atoms with Gasteiger partial charge in [0.15, 0.2) is 0 Å². The van der Waals surface area contributed by atoms with E-state index in [1.54, 1.807) is 19.9 Å². The molecule has 138 valence electrons. The quantitative estimate of drug-likeness (QED) is 0.506. The normalized spacial score (nSPS) is 20.1. The highest BCUT2D eigenvalue weighted by molar-refractivity contribution is 7.61. The predicted molar refractivity (Wildman–Crippen MR) is 101 cm³/mol. The molecule has 2 rings (SSSR count). The van der Waals surface area contributed by atoms with Gasteiger partial charge in [-0.2, -0.15) is 0 Å². The van der Waals surface area contributed by atoms with E-state index in [2.05, 4.69) is 0 Å². The molecule has 0 unspecified atom stereocenters. The Morgan fingerprint density at radius 2 is 1.52 bits per heavy atom. The van der Waals surface area contributed by atoms with Gasteiger partial charge >= 0.3 is 14.7 Å². The van der Waals surface area contributed by atoms with Gasteiger partial charge in [-0.15, -0.1) is 0 Å². The molecule has 0 spiro atoms. The maximum atomic E-state index is 13.5. The zero-order valence-corrected chi connectivity index (χ0v) is 16.8. The lowest BCUT2D eigenvalue weighted by Crippen LogP contribution is -2.41. The van der Waals surface area contributed by atoms with Crippen molar-refractivity contribution < 1.29 is 22.9 Å². The Morgan fingerprint density at radius 1 is 1.04 bits per heavy atom. The Bertz CT molecular complexity index is 631. The zero-order chi connectivity index (χ0) is 18.7. The minimum absolute atomic E-state index is 0.267. The molecule has 1 fully saturated rings. The smallest absolute Gasteiger partial charge is 0.399 e. The van der Waals surface area contributed by atoms with Gasteiger partial charge in [0.1, 0.15) is 0 Å². The predicted octanol–water partition coefficient (Wildman–Crippen LogP) is 4.93. The molecule has 1 saturated heterocycles. The molecule has 0 bridgehead atoms. The molecular weight excluding hydrogens is 338 g/mol. The summed E-state index contributed by atoms with van der Waals surface area (Å²) < 4.78 is 36.8. The number of hydrogen-bond acceptors (Lipinski definition) is 5. The minimum atomic E-state index is -3.55. The van der Waals surface area contributed by atoms with Crippen molar-refractivity contribution in [2.75, 3.05) is 13.2 Å². The molecule has 1 heterocycles. The van der Waals surface area contributed by atoms with Crippen LogP contribution in [0, 0.1) is 0 Å². The van der Waals surface area contributed by atoms with Gasteiger partial charge < -0.3 is 18.4 Å². The van der Waals surface area contributed by atoms with Crippen molar-refractivity contribution in [3.63, 3.8) is 0 Å². The Hall–Kier alpha value is -0.905. The summed E-state index contributed by atoms with van der Waals surface area (Å²) in [4.78, 5) is 0. The number of rotatable bonds is 7. The molecular formula is C18H28BO5P. The fourth-order valence-electron chi connectivity index (χ4n) is 2.49. The van der Waals surface area contributed by atoms with Crippen LogP contribution in [-0.2, 0) is 22.9 Å². The first-order valence-corrected chi connectivity index (χ1v) is 10.2. The van der Waals surface area contributed by atoms with E-state index >= 15 is 0 Å². The zero-order valence-electron chi connectivity index (χ0n) is 15.9. The Morgan fingerprint density at radius 3 is 1.96 bits per heavy atom. The molecule has 0 amide bonds. The summed E-state index contributed by atoms with van der Waals surface area (Å²) in [6.07, 6.45) is 1.79. The van der Waals surface area contributed by atoms with Crippen molar-refractivity contribution in [2.24, 2.45) is 0 Å². The molecule has 0 atom stereocenters. The van der Waals surface area contributed by atoms with E-state index < -0.39 is 25.9 Å². The van der Waals surface area contributed by atoms with E-state index in [0.29, 0.717) is 5.21 Å². The third-order valence-electron chi connectivity index (χ3n) is 4.52. The molecule has 0 N–H and O–H groups in total. The molecule has 0 saturated carbocycles. The second kappa shape index (κ2) is 7.77. The van der Waals surface area contributed by atoms with Crippen LogP contribution in [-0.4, -0.2) is 31.5 Å².